The number of rotatable bonds is 4. The molecule has 0 aliphatic rings. The Hall–Kier alpha value is -2.69. The molecule has 0 bridgehead atoms. The Morgan fingerprint density at radius 1 is 1.10 bits per heavy atom. The predicted octanol–water partition coefficient (Wildman–Crippen LogP) is 3.61. The van der Waals surface area contributed by atoms with Crippen molar-refractivity contribution in [3.8, 4) is 11.5 Å². The molecule has 0 aliphatic heterocycles. The van der Waals surface area contributed by atoms with E-state index in [4.69, 9.17) is 4.42 Å². The molecule has 0 saturated heterocycles. The molecule has 2 heterocycles. The van der Waals surface area contributed by atoms with Crippen LogP contribution in [0.2, 0.25) is 0 Å². The third kappa shape index (κ3) is 2.91. The van der Waals surface area contributed by atoms with Crippen LogP contribution in [0, 0.1) is 6.92 Å². The Morgan fingerprint density at radius 2 is 1.95 bits per heavy atom. The highest BCUT2D eigenvalue weighted by Gasteiger charge is 2.13. The summed E-state index contributed by atoms with van der Waals surface area (Å²) in [4.78, 5) is 4.15. The quantitative estimate of drug-likeness (QED) is 0.790. The summed E-state index contributed by atoms with van der Waals surface area (Å²) >= 11 is 0. The molecule has 0 amide bonds. The van der Waals surface area contributed by atoms with E-state index in [-0.39, 0.29) is 6.04 Å². The van der Waals surface area contributed by atoms with Gasteiger partial charge in [-0.2, -0.15) is 0 Å². The van der Waals surface area contributed by atoms with E-state index in [1.54, 1.807) is 13.1 Å². The Bertz CT molecular complexity index is 724. The van der Waals surface area contributed by atoms with E-state index in [1.807, 2.05) is 42.6 Å². The Labute approximate surface area is 123 Å². The highest BCUT2D eigenvalue weighted by Crippen LogP contribution is 2.29. The van der Waals surface area contributed by atoms with E-state index in [0.29, 0.717) is 11.8 Å². The van der Waals surface area contributed by atoms with E-state index in [0.717, 1.165) is 16.8 Å². The fraction of sp³-hybridized carbons (Fsp3) is 0.188. The summed E-state index contributed by atoms with van der Waals surface area (Å²) in [5, 5.41) is 11.4. The Kier molecular flexibility index (Phi) is 3.64. The molecule has 1 aromatic carbocycles. The topological polar surface area (TPSA) is 63.8 Å². The van der Waals surface area contributed by atoms with Gasteiger partial charge in [-0.25, -0.2) is 0 Å². The van der Waals surface area contributed by atoms with Gasteiger partial charge in [0.2, 0.25) is 11.8 Å². The number of pyridine rings is 1. The number of hydrogen-bond acceptors (Lipinski definition) is 5. The summed E-state index contributed by atoms with van der Waals surface area (Å²) in [6.45, 7) is 3.87. The predicted molar refractivity (Wildman–Crippen MR) is 80.7 cm³/mol. The minimum atomic E-state index is 0.129. The van der Waals surface area contributed by atoms with Gasteiger partial charge in [-0.05, 0) is 30.7 Å². The summed E-state index contributed by atoms with van der Waals surface area (Å²) in [5.74, 6) is 1.08. The monoisotopic (exact) mass is 280 g/mol. The molecule has 0 spiro atoms. The van der Waals surface area contributed by atoms with Crippen molar-refractivity contribution in [1.29, 1.82) is 0 Å². The van der Waals surface area contributed by atoms with Gasteiger partial charge >= 0.3 is 0 Å². The highest BCUT2D eigenvalue weighted by atomic mass is 16.4. The average Bonchev–Trinajstić information content (AvgIpc) is 2.95. The van der Waals surface area contributed by atoms with Crippen LogP contribution in [0.15, 0.2) is 53.2 Å². The lowest BCUT2D eigenvalue weighted by Crippen LogP contribution is -2.07. The molecule has 5 heteroatoms. The molecule has 1 N–H and O–H groups in total. The molecule has 1 unspecified atom stereocenters. The van der Waals surface area contributed by atoms with Crippen molar-refractivity contribution < 1.29 is 4.42 Å². The van der Waals surface area contributed by atoms with Gasteiger partial charge in [0.25, 0.3) is 0 Å². The molecule has 2 aromatic heterocycles. The number of aryl methyl sites for hydroxylation is 1. The summed E-state index contributed by atoms with van der Waals surface area (Å²) in [5.41, 5.74) is 2.97. The third-order valence-corrected chi connectivity index (χ3v) is 3.24. The van der Waals surface area contributed by atoms with E-state index in [2.05, 4.69) is 27.4 Å². The van der Waals surface area contributed by atoms with Crippen molar-refractivity contribution in [3.63, 3.8) is 0 Å². The lowest BCUT2D eigenvalue weighted by molar-refractivity contribution is 0.533. The first-order valence-electron chi connectivity index (χ1n) is 6.80. The van der Waals surface area contributed by atoms with Crippen LogP contribution < -0.4 is 5.32 Å². The zero-order valence-electron chi connectivity index (χ0n) is 11.9. The average molecular weight is 280 g/mol. The van der Waals surface area contributed by atoms with Crippen LogP contribution in [0.4, 0.5) is 5.69 Å². The van der Waals surface area contributed by atoms with E-state index < -0.39 is 0 Å². The fourth-order valence-electron chi connectivity index (χ4n) is 2.15. The minimum Gasteiger partial charge on any atom is -0.421 e. The van der Waals surface area contributed by atoms with Crippen LogP contribution in [-0.2, 0) is 0 Å². The van der Waals surface area contributed by atoms with Crippen molar-refractivity contribution in [1.82, 2.24) is 15.2 Å². The molecule has 0 saturated carbocycles. The zero-order chi connectivity index (χ0) is 14.7. The molecule has 3 aromatic rings. The molecule has 106 valence electrons. The molecular weight excluding hydrogens is 264 g/mol. The third-order valence-electron chi connectivity index (χ3n) is 3.24. The molecule has 1 atom stereocenters. The van der Waals surface area contributed by atoms with E-state index in [1.165, 1.54) is 0 Å². The van der Waals surface area contributed by atoms with Gasteiger partial charge in [-0.15, -0.1) is 10.2 Å². The van der Waals surface area contributed by atoms with Gasteiger partial charge in [0, 0.05) is 25.0 Å². The number of anilines is 1. The van der Waals surface area contributed by atoms with Crippen LogP contribution in [0.5, 0.6) is 0 Å². The van der Waals surface area contributed by atoms with Gasteiger partial charge in [0.15, 0.2) is 0 Å². The van der Waals surface area contributed by atoms with Crippen LogP contribution in [0.25, 0.3) is 11.5 Å². The van der Waals surface area contributed by atoms with Crippen LogP contribution >= 0.6 is 0 Å². The number of para-hydroxylation sites is 1. The van der Waals surface area contributed by atoms with Crippen molar-refractivity contribution >= 4 is 5.69 Å². The van der Waals surface area contributed by atoms with Crippen molar-refractivity contribution in [3.05, 3.63) is 60.2 Å². The number of hydrogen-bond donors (Lipinski definition) is 1. The summed E-state index contributed by atoms with van der Waals surface area (Å²) in [6, 6.07) is 12.0. The normalized spacial score (nSPS) is 12.1. The number of nitrogens with zero attached hydrogens (tertiary/aromatic N) is 3. The maximum atomic E-state index is 5.52. The minimum absolute atomic E-state index is 0.129. The molecule has 21 heavy (non-hydrogen) atoms. The maximum absolute atomic E-state index is 5.52. The van der Waals surface area contributed by atoms with Gasteiger partial charge in [0.1, 0.15) is 0 Å². The zero-order valence-corrected chi connectivity index (χ0v) is 11.9. The molecule has 3 rings (SSSR count). The summed E-state index contributed by atoms with van der Waals surface area (Å²) in [7, 11) is 0. The number of aromatic nitrogens is 3. The van der Waals surface area contributed by atoms with Crippen molar-refractivity contribution in [2.75, 3.05) is 5.32 Å². The summed E-state index contributed by atoms with van der Waals surface area (Å²) < 4.78 is 5.52. The molecule has 5 nitrogen and oxygen atoms in total. The molecule has 0 aliphatic carbocycles. The number of nitrogens with one attached hydrogen (secondary N) is 1. The second-order valence-electron chi connectivity index (χ2n) is 4.82. The van der Waals surface area contributed by atoms with Gasteiger partial charge in [-0.1, -0.05) is 18.2 Å². The Balaban J connectivity index is 1.89. The first-order valence-corrected chi connectivity index (χ1v) is 6.80. The van der Waals surface area contributed by atoms with Crippen molar-refractivity contribution in [2.24, 2.45) is 0 Å². The second kappa shape index (κ2) is 5.75. The first kappa shape index (κ1) is 13.3. The molecule has 0 radical (unpaired) electrons. The smallest absolute Gasteiger partial charge is 0.249 e. The van der Waals surface area contributed by atoms with Crippen LogP contribution in [-0.4, -0.2) is 15.2 Å². The standard InChI is InChI=1S/C16H16N4O/c1-11(13-6-5-9-17-10-13)18-15-8-4-3-7-14(15)16-20-19-12(2)21-16/h3-11,18H,1-2H3. The van der Waals surface area contributed by atoms with Gasteiger partial charge in [-0.3, -0.25) is 4.98 Å². The molecular formula is C16H16N4O. The van der Waals surface area contributed by atoms with Crippen LogP contribution in [0.1, 0.15) is 24.4 Å². The second-order valence-corrected chi connectivity index (χ2v) is 4.82. The molecule has 0 fully saturated rings. The van der Waals surface area contributed by atoms with Gasteiger partial charge in [0.05, 0.1) is 11.6 Å². The van der Waals surface area contributed by atoms with Crippen LogP contribution in [0.3, 0.4) is 0 Å². The Morgan fingerprint density at radius 3 is 2.67 bits per heavy atom. The highest BCUT2D eigenvalue weighted by molar-refractivity contribution is 5.72. The van der Waals surface area contributed by atoms with E-state index >= 15 is 0 Å². The lowest BCUT2D eigenvalue weighted by atomic mass is 10.1. The first-order chi connectivity index (χ1) is 10.2. The maximum Gasteiger partial charge on any atom is 0.249 e. The van der Waals surface area contributed by atoms with Crippen molar-refractivity contribution in [2.45, 2.75) is 19.9 Å². The van der Waals surface area contributed by atoms with Gasteiger partial charge < -0.3 is 9.73 Å². The van der Waals surface area contributed by atoms with E-state index in [9.17, 15) is 0 Å². The SMILES string of the molecule is Cc1nnc(-c2ccccc2NC(C)c2cccnc2)o1. The lowest BCUT2D eigenvalue weighted by Gasteiger charge is -2.17. The number of benzene rings is 1. The fourth-order valence-corrected chi connectivity index (χ4v) is 2.15. The summed E-state index contributed by atoms with van der Waals surface area (Å²) in [6.07, 6.45) is 3.63. The largest absolute Gasteiger partial charge is 0.421 e.